The third-order valence-electron chi connectivity index (χ3n) is 6.47. The van der Waals surface area contributed by atoms with E-state index >= 15 is 0 Å². The van der Waals surface area contributed by atoms with Crippen LogP contribution in [0.25, 0.3) is 17.1 Å². The molecule has 14 heteroatoms. The Morgan fingerprint density at radius 3 is 2.49 bits per heavy atom. The zero-order valence-corrected chi connectivity index (χ0v) is 23.4. The molecule has 1 fully saturated rings. The number of urea groups is 1. The predicted molar refractivity (Wildman–Crippen MR) is 154 cm³/mol. The van der Waals surface area contributed by atoms with E-state index in [9.17, 15) is 26.7 Å². The molecule has 2 atom stereocenters. The number of aliphatic imine (C=N–C) groups is 1. The van der Waals surface area contributed by atoms with Crippen molar-refractivity contribution in [3.8, 4) is 22.8 Å². The summed E-state index contributed by atoms with van der Waals surface area (Å²) >= 11 is 1.37. The molecule has 2 amide bonds. The van der Waals surface area contributed by atoms with Gasteiger partial charge in [-0.25, -0.2) is 23.2 Å². The van der Waals surface area contributed by atoms with Gasteiger partial charge in [-0.3, -0.25) is 0 Å². The number of nitrogens with one attached hydrogen (secondary N) is 1. The molecular formula is C29H25F5N6O2S. The number of para-hydroxylation sites is 1. The average molecular weight is 617 g/mol. The van der Waals surface area contributed by atoms with E-state index in [1.807, 2.05) is 41.4 Å². The van der Waals surface area contributed by atoms with E-state index in [4.69, 9.17) is 0 Å². The molecule has 1 aliphatic rings. The molecule has 0 spiro atoms. The summed E-state index contributed by atoms with van der Waals surface area (Å²) in [6.45, 7) is 2.67. The fourth-order valence-electron chi connectivity index (χ4n) is 4.41. The number of amides is 2. The van der Waals surface area contributed by atoms with Crippen LogP contribution in [0.15, 0.2) is 84.1 Å². The summed E-state index contributed by atoms with van der Waals surface area (Å²) in [5, 5.41) is 6.69. The molecule has 0 aliphatic carbocycles. The molecule has 1 N–H and O–H groups in total. The SMILES string of the molecule is CCc1ccccc1N1CCSC1=NC(=O)NC(F)C(F)c1ccc(-c2ncn(-c3ccc(OC(F)(F)F)cc3)n2)cc1. The van der Waals surface area contributed by atoms with Crippen LogP contribution < -0.4 is 15.0 Å². The second kappa shape index (κ2) is 12.8. The lowest BCUT2D eigenvalue weighted by atomic mass is 10.1. The highest BCUT2D eigenvalue weighted by Gasteiger charge is 2.31. The van der Waals surface area contributed by atoms with E-state index < -0.39 is 24.9 Å². The highest BCUT2D eigenvalue weighted by molar-refractivity contribution is 8.14. The Bertz CT molecular complexity index is 1590. The minimum atomic E-state index is -4.80. The van der Waals surface area contributed by atoms with E-state index in [0.29, 0.717) is 28.7 Å². The molecule has 1 aliphatic heterocycles. The molecular weight excluding hydrogens is 591 g/mol. The number of aryl methyl sites for hydroxylation is 1. The van der Waals surface area contributed by atoms with Crippen LogP contribution in [0.1, 0.15) is 24.2 Å². The standard InChI is InChI=1S/C29H25F5N6O2S/c1-2-18-5-3-4-6-23(18)39-15-16-43-28(39)37-27(41)36-25(31)24(30)19-7-9-20(10-8-19)26-35-17-40(38-26)21-11-13-22(14-12-21)42-29(32,33)34/h3-14,17,24-25H,2,15-16H2,1H3,(H,36,41). The minimum Gasteiger partial charge on any atom is -0.406 e. The molecule has 2 heterocycles. The number of rotatable bonds is 8. The van der Waals surface area contributed by atoms with E-state index in [1.54, 1.807) is 0 Å². The summed E-state index contributed by atoms with van der Waals surface area (Å²) in [6, 6.07) is 17.5. The van der Waals surface area contributed by atoms with E-state index in [1.165, 1.54) is 59.2 Å². The van der Waals surface area contributed by atoms with Crippen LogP contribution in [0.5, 0.6) is 5.75 Å². The molecule has 1 saturated heterocycles. The van der Waals surface area contributed by atoms with Crippen LogP contribution in [-0.2, 0) is 6.42 Å². The number of ether oxygens (including phenoxy) is 1. The maximum absolute atomic E-state index is 15.0. The molecule has 0 radical (unpaired) electrons. The van der Waals surface area contributed by atoms with E-state index in [0.717, 1.165) is 29.8 Å². The number of alkyl halides is 5. The summed E-state index contributed by atoms with van der Waals surface area (Å²) in [7, 11) is 0. The van der Waals surface area contributed by atoms with Gasteiger partial charge in [-0.05, 0) is 47.9 Å². The van der Waals surface area contributed by atoms with Crippen LogP contribution in [0, 0.1) is 0 Å². The van der Waals surface area contributed by atoms with Gasteiger partial charge in [0, 0.05) is 23.5 Å². The van der Waals surface area contributed by atoms with Crippen molar-refractivity contribution in [3.05, 3.63) is 90.3 Å². The maximum atomic E-state index is 15.0. The summed E-state index contributed by atoms with van der Waals surface area (Å²) in [4.78, 5) is 22.6. The quantitative estimate of drug-likeness (QED) is 0.169. The zero-order valence-electron chi connectivity index (χ0n) is 22.6. The molecule has 4 aromatic rings. The Balaban J connectivity index is 1.21. The Morgan fingerprint density at radius 1 is 1.07 bits per heavy atom. The van der Waals surface area contributed by atoms with Gasteiger partial charge in [0.05, 0.1) is 5.69 Å². The summed E-state index contributed by atoms with van der Waals surface area (Å²) < 4.78 is 72.1. The first kappa shape index (κ1) is 30.0. The lowest BCUT2D eigenvalue weighted by molar-refractivity contribution is -0.274. The van der Waals surface area contributed by atoms with E-state index in [-0.39, 0.29) is 17.1 Å². The largest absolute Gasteiger partial charge is 0.573 e. The van der Waals surface area contributed by atoms with Crippen molar-refractivity contribution in [1.29, 1.82) is 0 Å². The zero-order chi connectivity index (χ0) is 30.6. The summed E-state index contributed by atoms with van der Waals surface area (Å²) in [5.41, 5.74) is 2.92. The van der Waals surface area contributed by atoms with Crippen molar-refractivity contribution in [2.45, 2.75) is 32.2 Å². The molecule has 43 heavy (non-hydrogen) atoms. The van der Waals surface area contributed by atoms with Crippen molar-refractivity contribution in [1.82, 2.24) is 20.1 Å². The molecule has 8 nitrogen and oxygen atoms in total. The molecule has 5 rings (SSSR count). The van der Waals surface area contributed by atoms with Gasteiger partial charge in [-0.2, -0.15) is 4.99 Å². The molecule has 224 valence electrons. The Kier molecular flexibility index (Phi) is 8.94. The first-order chi connectivity index (χ1) is 20.6. The number of hydrogen-bond donors (Lipinski definition) is 1. The van der Waals surface area contributed by atoms with Crippen LogP contribution in [0.4, 0.5) is 32.4 Å². The number of carbonyl (C=O) groups excluding carboxylic acids is 1. The number of thioether (sulfide) groups is 1. The monoisotopic (exact) mass is 616 g/mol. The van der Waals surface area contributed by atoms with Gasteiger partial charge in [0.2, 0.25) is 6.30 Å². The highest BCUT2D eigenvalue weighted by Crippen LogP contribution is 2.30. The van der Waals surface area contributed by atoms with E-state index in [2.05, 4.69) is 19.8 Å². The number of halogens is 5. The van der Waals surface area contributed by atoms with Gasteiger partial charge >= 0.3 is 12.4 Å². The van der Waals surface area contributed by atoms with Gasteiger partial charge in [0.25, 0.3) is 0 Å². The summed E-state index contributed by atoms with van der Waals surface area (Å²) in [5.74, 6) is 0.582. The predicted octanol–water partition coefficient (Wildman–Crippen LogP) is 7.02. The number of nitrogens with zero attached hydrogens (tertiary/aromatic N) is 5. The van der Waals surface area contributed by atoms with Crippen molar-refractivity contribution < 1.29 is 31.5 Å². The van der Waals surface area contributed by atoms with Crippen LogP contribution >= 0.6 is 11.8 Å². The fraction of sp³-hybridized carbons (Fsp3) is 0.241. The van der Waals surface area contributed by atoms with Crippen molar-refractivity contribution >= 4 is 28.6 Å². The third-order valence-corrected chi connectivity index (χ3v) is 7.43. The number of aromatic nitrogens is 3. The Labute approximate surface area is 247 Å². The van der Waals surface area contributed by atoms with Gasteiger partial charge in [0.1, 0.15) is 12.1 Å². The Hall–Kier alpha value is -4.46. The van der Waals surface area contributed by atoms with Gasteiger partial charge in [0.15, 0.2) is 17.2 Å². The minimum absolute atomic E-state index is 0.0161. The second-order valence-electron chi connectivity index (χ2n) is 9.31. The van der Waals surface area contributed by atoms with Crippen LogP contribution in [0.2, 0.25) is 0 Å². The second-order valence-corrected chi connectivity index (χ2v) is 10.4. The highest BCUT2D eigenvalue weighted by atomic mass is 32.2. The molecule has 0 saturated carbocycles. The number of anilines is 1. The smallest absolute Gasteiger partial charge is 0.406 e. The molecule has 3 aromatic carbocycles. The fourth-order valence-corrected chi connectivity index (χ4v) is 5.36. The Morgan fingerprint density at radius 2 is 1.79 bits per heavy atom. The topological polar surface area (TPSA) is 84.6 Å². The number of carbonyl (C=O) groups is 1. The van der Waals surface area contributed by atoms with Gasteiger partial charge in [-0.15, -0.1) is 18.3 Å². The third kappa shape index (κ3) is 7.31. The molecule has 0 bridgehead atoms. The first-order valence-electron chi connectivity index (χ1n) is 13.1. The van der Waals surface area contributed by atoms with Crippen LogP contribution in [-0.4, -0.2) is 50.9 Å². The lowest BCUT2D eigenvalue weighted by Crippen LogP contribution is -2.34. The van der Waals surface area contributed by atoms with Crippen molar-refractivity contribution in [2.24, 2.45) is 4.99 Å². The number of amidine groups is 1. The average Bonchev–Trinajstić information content (AvgIpc) is 3.67. The molecule has 1 aromatic heterocycles. The summed E-state index contributed by atoms with van der Waals surface area (Å²) in [6.07, 6.45) is -7.14. The first-order valence-corrected chi connectivity index (χ1v) is 14.1. The normalized spacial score (nSPS) is 15.9. The number of benzene rings is 3. The van der Waals surface area contributed by atoms with Gasteiger partial charge < -0.3 is 15.0 Å². The van der Waals surface area contributed by atoms with Crippen LogP contribution in [0.3, 0.4) is 0 Å². The van der Waals surface area contributed by atoms with Crippen molar-refractivity contribution in [3.63, 3.8) is 0 Å². The number of hydrogen-bond acceptors (Lipinski definition) is 5. The van der Waals surface area contributed by atoms with Gasteiger partial charge in [-0.1, -0.05) is 61.2 Å². The van der Waals surface area contributed by atoms with Crippen molar-refractivity contribution in [2.75, 3.05) is 17.2 Å². The maximum Gasteiger partial charge on any atom is 0.573 e. The molecule has 2 unspecified atom stereocenters. The lowest BCUT2D eigenvalue weighted by Gasteiger charge is -2.21.